The molecule has 19 heavy (non-hydrogen) atoms. The summed E-state index contributed by atoms with van der Waals surface area (Å²) in [4.78, 5) is 17.2. The molecule has 0 aliphatic carbocycles. The van der Waals surface area contributed by atoms with Gasteiger partial charge in [0.2, 0.25) is 0 Å². The van der Waals surface area contributed by atoms with Crippen LogP contribution >= 0.6 is 0 Å². The molecular weight excluding hydrogens is 246 g/mol. The molecule has 1 unspecified atom stereocenters. The van der Waals surface area contributed by atoms with Crippen molar-refractivity contribution in [2.75, 3.05) is 13.2 Å². The topological polar surface area (TPSA) is 63.2 Å². The van der Waals surface area contributed by atoms with Crippen LogP contribution in [0.2, 0.25) is 0 Å². The third kappa shape index (κ3) is 7.46. The first-order valence-electron chi connectivity index (χ1n) is 6.25. The van der Waals surface area contributed by atoms with E-state index in [1.54, 1.807) is 27.7 Å². The van der Waals surface area contributed by atoms with Crippen molar-refractivity contribution in [3.63, 3.8) is 0 Å². The van der Waals surface area contributed by atoms with Crippen molar-refractivity contribution in [1.82, 2.24) is 10.5 Å². The Labute approximate surface area is 115 Å². The summed E-state index contributed by atoms with van der Waals surface area (Å²) >= 11 is 0. The zero-order valence-corrected chi connectivity index (χ0v) is 12.5. The molecule has 0 rings (SSSR count). The van der Waals surface area contributed by atoms with Crippen LogP contribution in [-0.4, -0.2) is 36.6 Å². The van der Waals surface area contributed by atoms with Crippen LogP contribution in [0, 0.1) is 5.92 Å². The van der Waals surface area contributed by atoms with Gasteiger partial charge in [-0.2, -0.15) is 10.2 Å². The Kier molecular flexibility index (Phi) is 7.14. The Morgan fingerprint density at radius 1 is 1.47 bits per heavy atom. The van der Waals surface area contributed by atoms with Crippen molar-refractivity contribution in [2.45, 2.75) is 40.2 Å². The predicted molar refractivity (Wildman–Crippen MR) is 75.6 cm³/mol. The molecule has 1 atom stereocenters. The number of hydrogen-bond donors (Lipinski definition) is 1. The summed E-state index contributed by atoms with van der Waals surface area (Å²) in [6.07, 6.45) is -0.513. The molecule has 0 spiro atoms. The van der Waals surface area contributed by atoms with Crippen molar-refractivity contribution in [3.05, 3.63) is 12.3 Å². The van der Waals surface area contributed by atoms with E-state index in [2.05, 4.69) is 23.8 Å². The summed E-state index contributed by atoms with van der Waals surface area (Å²) in [6.45, 7) is 17.0. The van der Waals surface area contributed by atoms with E-state index < -0.39 is 11.7 Å². The summed E-state index contributed by atoms with van der Waals surface area (Å²) in [5.41, 5.74) is 2.76. The number of hydrogen-bond acceptors (Lipinski definition) is 5. The lowest BCUT2D eigenvalue weighted by molar-refractivity contribution is -0.147. The van der Waals surface area contributed by atoms with E-state index in [1.807, 2.05) is 6.92 Å². The van der Waals surface area contributed by atoms with Crippen LogP contribution in [0.3, 0.4) is 0 Å². The summed E-state index contributed by atoms with van der Waals surface area (Å²) in [5.74, 6) is -0.0513. The van der Waals surface area contributed by atoms with Crippen LogP contribution in [0.5, 0.6) is 0 Å². The Morgan fingerprint density at radius 3 is 2.47 bits per heavy atom. The first-order chi connectivity index (χ1) is 8.71. The smallest absolute Gasteiger partial charge is 0.434 e. The SMILES string of the molecule is C=NNC(=C)C(C)CN(OCC)C(=O)OC(C)(C)C. The van der Waals surface area contributed by atoms with E-state index in [4.69, 9.17) is 9.57 Å². The second-order valence-electron chi connectivity index (χ2n) is 5.16. The molecule has 0 aromatic rings. The third-order valence-corrected chi connectivity index (χ3v) is 2.14. The largest absolute Gasteiger partial charge is 0.442 e. The van der Waals surface area contributed by atoms with Crippen molar-refractivity contribution >= 4 is 12.8 Å². The lowest BCUT2D eigenvalue weighted by atomic mass is 10.1. The molecule has 6 heteroatoms. The van der Waals surface area contributed by atoms with Gasteiger partial charge in [0, 0.05) is 18.3 Å². The number of ether oxygens (including phenoxy) is 1. The van der Waals surface area contributed by atoms with Gasteiger partial charge in [0.15, 0.2) is 0 Å². The maximum atomic E-state index is 12.0. The molecule has 6 nitrogen and oxygen atoms in total. The minimum absolute atomic E-state index is 0.0513. The molecule has 0 bridgehead atoms. The Bertz CT molecular complexity index is 324. The molecule has 0 heterocycles. The minimum atomic E-state index is -0.562. The van der Waals surface area contributed by atoms with Crippen molar-refractivity contribution in [1.29, 1.82) is 0 Å². The average molecular weight is 271 g/mol. The van der Waals surface area contributed by atoms with Gasteiger partial charge >= 0.3 is 6.09 Å². The van der Waals surface area contributed by atoms with E-state index in [1.165, 1.54) is 5.06 Å². The monoisotopic (exact) mass is 271 g/mol. The molecule has 0 saturated carbocycles. The number of carbonyl (C=O) groups excluding carboxylic acids is 1. The molecular formula is C13H25N3O3. The number of amides is 1. The fourth-order valence-corrected chi connectivity index (χ4v) is 1.22. The number of hydroxylamine groups is 2. The van der Waals surface area contributed by atoms with E-state index in [-0.39, 0.29) is 5.92 Å². The highest BCUT2D eigenvalue weighted by molar-refractivity contribution is 5.66. The molecule has 1 amide bonds. The molecule has 0 saturated heterocycles. The Morgan fingerprint density at radius 2 is 2.05 bits per heavy atom. The van der Waals surface area contributed by atoms with E-state index >= 15 is 0 Å². The standard InChI is InChI=1S/C13H25N3O3/c1-8-18-16(12(17)19-13(4,5)6)9-10(2)11(3)15-14-7/h10,15H,3,7-9H2,1-2,4-6H3. The summed E-state index contributed by atoms with van der Waals surface area (Å²) in [6, 6.07) is 0. The minimum Gasteiger partial charge on any atom is -0.442 e. The second kappa shape index (κ2) is 7.78. The number of hydrazone groups is 1. The quantitative estimate of drug-likeness (QED) is 0.571. The fourth-order valence-electron chi connectivity index (χ4n) is 1.22. The lowest BCUT2D eigenvalue weighted by Gasteiger charge is -2.28. The van der Waals surface area contributed by atoms with Crippen LogP contribution in [0.1, 0.15) is 34.6 Å². The van der Waals surface area contributed by atoms with E-state index in [0.29, 0.717) is 18.8 Å². The molecule has 0 aliphatic heterocycles. The summed E-state index contributed by atoms with van der Waals surface area (Å²) in [5, 5.41) is 4.74. The van der Waals surface area contributed by atoms with E-state index in [0.717, 1.165) is 0 Å². The van der Waals surface area contributed by atoms with Gasteiger partial charge in [-0.15, -0.1) is 0 Å². The Hall–Kier alpha value is -1.56. The molecule has 0 fully saturated rings. The lowest BCUT2D eigenvalue weighted by Crippen LogP contribution is -2.40. The van der Waals surface area contributed by atoms with Gasteiger partial charge in [0.05, 0.1) is 13.2 Å². The van der Waals surface area contributed by atoms with Gasteiger partial charge in [-0.25, -0.2) is 4.79 Å². The molecule has 0 aromatic heterocycles. The Balaban J connectivity index is 4.60. The van der Waals surface area contributed by atoms with Crippen LogP contribution in [0.4, 0.5) is 4.79 Å². The van der Waals surface area contributed by atoms with Gasteiger partial charge in [-0.1, -0.05) is 13.5 Å². The van der Waals surface area contributed by atoms with Gasteiger partial charge in [0.25, 0.3) is 0 Å². The number of carbonyl (C=O) groups is 1. The fraction of sp³-hybridized carbons (Fsp3) is 0.692. The van der Waals surface area contributed by atoms with Gasteiger partial charge in [-0.05, 0) is 27.7 Å². The number of nitrogens with zero attached hydrogens (tertiary/aromatic N) is 2. The second-order valence-corrected chi connectivity index (χ2v) is 5.16. The highest BCUT2D eigenvalue weighted by Crippen LogP contribution is 2.14. The third-order valence-electron chi connectivity index (χ3n) is 2.14. The highest BCUT2D eigenvalue weighted by Gasteiger charge is 2.24. The predicted octanol–water partition coefficient (Wildman–Crippen LogP) is 2.53. The van der Waals surface area contributed by atoms with Crippen molar-refractivity contribution < 1.29 is 14.4 Å². The van der Waals surface area contributed by atoms with E-state index in [9.17, 15) is 4.79 Å². The summed E-state index contributed by atoms with van der Waals surface area (Å²) in [7, 11) is 0. The van der Waals surface area contributed by atoms with Gasteiger partial charge in [0.1, 0.15) is 5.60 Å². The molecule has 0 radical (unpaired) electrons. The van der Waals surface area contributed by atoms with Crippen LogP contribution in [-0.2, 0) is 9.57 Å². The summed E-state index contributed by atoms with van der Waals surface area (Å²) < 4.78 is 5.27. The molecule has 0 aliphatic rings. The molecule has 0 aromatic carbocycles. The van der Waals surface area contributed by atoms with Crippen LogP contribution < -0.4 is 5.43 Å². The van der Waals surface area contributed by atoms with Crippen LogP contribution in [0.25, 0.3) is 0 Å². The molecule has 1 N–H and O–H groups in total. The highest BCUT2D eigenvalue weighted by atomic mass is 16.7. The average Bonchev–Trinajstić information content (AvgIpc) is 2.26. The van der Waals surface area contributed by atoms with Crippen LogP contribution in [0.15, 0.2) is 17.4 Å². The molecule has 110 valence electrons. The zero-order valence-electron chi connectivity index (χ0n) is 12.5. The van der Waals surface area contributed by atoms with Crippen molar-refractivity contribution in [2.24, 2.45) is 11.0 Å². The zero-order chi connectivity index (χ0) is 15.1. The van der Waals surface area contributed by atoms with Gasteiger partial charge in [-0.3, -0.25) is 10.3 Å². The van der Waals surface area contributed by atoms with Gasteiger partial charge < -0.3 is 4.74 Å². The first kappa shape index (κ1) is 17.4. The first-order valence-corrected chi connectivity index (χ1v) is 6.25. The maximum absolute atomic E-state index is 12.0. The number of nitrogens with one attached hydrogen (secondary N) is 1. The maximum Gasteiger partial charge on any atom is 0.434 e. The van der Waals surface area contributed by atoms with Crippen molar-refractivity contribution in [3.8, 4) is 0 Å². The number of rotatable bonds is 7. The normalized spacial score (nSPS) is 12.5.